The quantitative estimate of drug-likeness (QED) is 0.0755. The molecule has 0 bridgehead atoms. The number of benzene rings is 2. The zero-order valence-corrected chi connectivity index (χ0v) is 30.9. The van der Waals surface area contributed by atoms with E-state index >= 15 is 0 Å². The summed E-state index contributed by atoms with van der Waals surface area (Å²) in [4.78, 5) is 0. The molecule has 2 aromatic heterocycles. The van der Waals surface area contributed by atoms with Crippen molar-refractivity contribution in [2.45, 2.75) is 21.3 Å². The summed E-state index contributed by atoms with van der Waals surface area (Å²) < 4.78 is 123. The molecule has 0 fully saturated rings. The summed E-state index contributed by atoms with van der Waals surface area (Å²) in [6.45, 7) is 0. The van der Waals surface area contributed by atoms with Gasteiger partial charge in [-0.05, 0) is 33.4 Å². The monoisotopic (exact) mass is 968 g/mol. The first-order chi connectivity index (χ1) is 20.5. The summed E-state index contributed by atoms with van der Waals surface area (Å²) in [5, 5.41) is 3.39. The predicted molar refractivity (Wildman–Crippen MR) is 173 cm³/mol. The van der Waals surface area contributed by atoms with Crippen LogP contribution in [0, 0.1) is 0 Å². The van der Waals surface area contributed by atoms with E-state index < -0.39 is 15.6 Å². The summed E-state index contributed by atoms with van der Waals surface area (Å²) >= 11 is 14.3. The van der Waals surface area contributed by atoms with Gasteiger partial charge in [-0.2, -0.15) is 9.13 Å². The van der Waals surface area contributed by atoms with Crippen LogP contribution in [-0.2, 0) is 21.3 Å². The van der Waals surface area contributed by atoms with Crippen molar-refractivity contribution in [3.8, 4) is 22.5 Å². The van der Waals surface area contributed by atoms with Gasteiger partial charge in [0.1, 0.15) is 0 Å². The van der Waals surface area contributed by atoms with E-state index in [1.165, 1.54) is 44.8 Å². The molecule has 4 rings (SSSR count). The minimum atomic E-state index is -10.7. The van der Waals surface area contributed by atoms with E-state index in [0.29, 0.717) is 0 Å². The Morgan fingerprint density at radius 2 is 0.587 bits per heavy atom. The van der Waals surface area contributed by atoms with Crippen molar-refractivity contribution in [3.63, 3.8) is 0 Å². The van der Waals surface area contributed by atoms with Crippen LogP contribution in [0.2, 0.25) is 0 Å². The van der Waals surface area contributed by atoms with Crippen molar-refractivity contribution in [2.24, 2.45) is 0 Å². The molecule has 0 saturated heterocycles. The molecule has 0 saturated carbocycles. The first kappa shape index (κ1) is 40.9. The summed E-state index contributed by atoms with van der Waals surface area (Å²) in [5.41, 5.74) is 9.82. The fourth-order valence-electron chi connectivity index (χ4n) is 3.67. The number of pyridine rings is 2. The first-order valence-electron chi connectivity index (χ1n) is 12.2. The molecule has 0 aliphatic carbocycles. The van der Waals surface area contributed by atoms with E-state index in [-0.39, 0.29) is 0 Å². The van der Waals surface area contributed by atoms with Crippen LogP contribution in [0.4, 0.5) is 50.4 Å². The average molecular weight is 972 g/mol. The van der Waals surface area contributed by atoms with E-state index in [9.17, 15) is 50.4 Å². The molecule has 0 radical (unpaired) electrons. The third-order valence-corrected chi connectivity index (χ3v) is 7.87. The number of hydrogen-bond donors (Lipinski definition) is 0. The zero-order valence-electron chi connectivity index (χ0n) is 22.7. The van der Waals surface area contributed by atoms with Crippen LogP contribution >= 0.6 is 79.3 Å². The molecule has 2 heterocycles. The van der Waals surface area contributed by atoms with Gasteiger partial charge in [0.25, 0.3) is 0 Å². The number of halogens is 16. The average Bonchev–Trinajstić information content (AvgIpc) is 2.93. The minimum absolute atomic E-state index is 0.846. The van der Waals surface area contributed by atoms with E-state index in [0.717, 1.165) is 21.3 Å². The fourth-order valence-corrected chi connectivity index (χ4v) is 4.97. The molecular formula is C26H22Br4F12N2P2. The SMILES string of the molecule is BrCc1cc(CBr)cc(-[n+]2ccc(-c3cc[n+](-c4cc(CBr)cc(CBr)c4)cc3)cc2)c1.F[P-](F)(F)(F)(F)F.F[P-](F)(F)(F)(F)F. The number of nitrogens with zero attached hydrogens (tertiary/aromatic N) is 2. The molecule has 20 heteroatoms. The Morgan fingerprint density at radius 1 is 0.391 bits per heavy atom. The Bertz CT molecular complexity index is 1460. The maximum atomic E-state index is 9.87. The van der Waals surface area contributed by atoms with Gasteiger partial charge in [0.15, 0.2) is 24.8 Å². The van der Waals surface area contributed by atoms with E-state index in [4.69, 9.17) is 0 Å². The Kier molecular flexibility index (Phi) is 12.0. The van der Waals surface area contributed by atoms with Gasteiger partial charge in [0.05, 0.1) is 0 Å². The van der Waals surface area contributed by atoms with Gasteiger partial charge in [-0.25, -0.2) is 0 Å². The van der Waals surface area contributed by atoms with Crippen molar-refractivity contribution in [1.29, 1.82) is 0 Å². The van der Waals surface area contributed by atoms with Crippen LogP contribution in [0.15, 0.2) is 85.5 Å². The Hall–Kier alpha value is -1.32. The van der Waals surface area contributed by atoms with Gasteiger partial charge in [0, 0.05) is 69.9 Å². The van der Waals surface area contributed by atoms with Gasteiger partial charge in [-0.1, -0.05) is 75.9 Å². The van der Waals surface area contributed by atoms with Crippen molar-refractivity contribution in [3.05, 3.63) is 108 Å². The summed E-state index contributed by atoms with van der Waals surface area (Å²) in [6.07, 6.45) is 8.51. The second kappa shape index (κ2) is 13.5. The molecule has 0 aliphatic rings. The van der Waals surface area contributed by atoms with Gasteiger partial charge in [-0.3, -0.25) is 0 Å². The molecule has 0 spiro atoms. The second-order valence-corrected chi connectivity index (χ2v) is 15.5. The number of alkyl halides is 4. The molecule has 0 atom stereocenters. The Labute approximate surface area is 288 Å². The van der Waals surface area contributed by atoms with Crippen LogP contribution < -0.4 is 9.13 Å². The number of rotatable bonds is 7. The van der Waals surface area contributed by atoms with Crippen molar-refractivity contribution in [1.82, 2.24) is 0 Å². The third kappa shape index (κ3) is 18.9. The molecule has 2 nitrogen and oxygen atoms in total. The molecular weight excluding hydrogens is 950 g/mol. The molecule has 46 heavy (non-hydrogen) atoms. The summed E-state index contributed by atoms with van der Waals surface area (Å²) in [7, 11) is -21.3. The Balaban J connectivity index is 0.000000440. The fraction of sp³-hybridized carbons (Fsp3) is 0.154. The van der Waals surface area contributed by atoms with Gasteiger partial charge >= 0.3 is 66.0 Å². The normalized spacial score (nSPS) is 14.7. The van der Waals surface area contributed by atoms with E-state index in [1.807, 2.05) is 0 Å². The molecule has 4 aromatic rings. The molecule has 2 aromatic carbocycles. The number of hydrogen-bond acceptors (Lipinski definition) is 0. The van der Waals surface area contributed by atoms with Crippen LogP contribution in [0.1, 0.15) is 22.3 Å². The van der Waals surface area contributed by atoms with Crippen LogP contribution in [0.3, 0.4) is 0 Å². The van der Waals surface area contributed by atoms with Crippen LogP contribution in [0.5, 0.6) is 0 Å². The van der Waals surface area contributed by atoms with E-state index in [2.05, 4.69) is 158 Å². The van der Waals surface area contributed by atoms with E-state index in [1.54, 1.807) is 0 Å². The zero-order chi connectivity index (χ0) is 35.3. The van der Waals surface area contributed by atoms with Gasteiger partial charge in [0.2, 0.25) is 11.4 Å². The molecule has 0 amide bonds. The number of aromatic nitrogens is 2. The molecule has 258 valence electrons. The summed E-state index contributed by atoms with van der Waals surface area (Å²) in [6, 6.07) is 22.0. The topological polar surface area (TPSA) is 7.76 Å². The van der Waals surface area contributed by atoms with Crippen molar-refractivity contribution < 1.29 is 59.5 Å². The van der Waals surface area contributed by atoms with Crippen molar-refractivity contribution >= 4 is 79.3 Å². The van der Waals surface area contributed by atoms with Gasteiger partial charge in [-0.15, -0.1) is 0 Å². The van der Waals surface area contributed by atoms with Crippen LogP contribution in [-0.4, -0.2) is 0 Å². The van der Waals surface area contributed by atoms with Crippen molar-refractivity contribution in [2.75, 3.05) is 0 Å². The first-order valence-corrected chi connectivity index (χ1v) is 20.7. The standard InChI is InChI=1S/C26H22Br4N2.2F6P/c27-15-19-9-20(16-28)12-25(11-19)31-5-1-23(2-6-31)24-3-7-32(8-4-24)26-13-21(17-29)10-22(14-26)18-30;2*1-7(2,3,4,5)6/h1-14H,15-18H2;;/q+2;2*-1. The maximum absolute atomic E-state index is 10.7. The van der Waals surface area contributed by atoms with Gasteiger partial charge < -0.3 is 0 Å². The Morgan fingerprint density at radius 3 is 0.761 bits per heavy atom. The summed E-state index contributed by atoms with van der Waals surface area (Å²) in [5.74, 6) is 0. The molecule has 0 unspecified atom stereocenters. The van der Waals surface area contributed by atoms with Crippen LogP contribution in [0.25, 0.3) is 22.5 Å². The third-order valence-electron chi connectivity index (χ3n) is 5.28. The predicted octanol–water partition coefficient (Wildman–Crippen LogP) is 14.3. The molecule has 0 N–H and O–H groups in total. The molecule has 0 aliphatic heterocycles. The second-order valence-electron chi connectivity index (χ2n) is 9.45.